The summed E-state index contributed by atoms with van der Waals surface area (Å²) in [6.07, 6.45) is -0.0810. The molecule has 0 bridgehead atoms. The molecule has 1 saturated carbocycles. The summed E-state index contributed by atoms with van der Waals surface area (Å²) in [5.41, 5.74) is 0. The van der Waals surface area contributed by atoms with E-state index in [0.29, 0.717) is 0 Å². The average Bonchev–Trinajstić information content (AvgIpc) is 2.62. The third-order valence-corrected chi connectivity index (χ3v) is 1.91. The number of halogens is 3. The Hall–Kier alpha value is -0.675. The standard InChI is InChI=1S/C6H9BF3O2/c1-2-12-6(11)4-3-5(4)7(8,9)10/h4-5H,2-3H2,1H3/q-1/t4-,5+/m0/s1. The second-order valence-electron chi connectivity index (χ2n) is 2.88. The molecule has 0 aromatic heterocycles. The van der Waals surface area contributed by atoms with Gasteiger partial charge in [0.25, 0.3) is 0 Å². The van der Waals surface area contributed by atoms with Gasteiger partial charge in [0.15, 0.2) is 0 Å². The molecule has 1 fully saturated rings. The topological polar surface area (TPSA) is 26.3 Å². The molecular formula is C6H9BF3O2-. The van der Waals surface area contributed by atoms with Crippen molar-refractivity contribution in [1.29, 1.82) is 0 Å². The number of carbonyl (C=O) groups excluding carboxylic acids is 1. The molecule has 6 heteroatoms. The summed E-state index contributed by atoms with van der Waals surface area (Å²) in [5.74, 6) is -3.02. The third kappa shape index (κ3) is 1.92. The Morgan fingerprint density at radius 2 is 2.17 bits per heavy atom. The van der Waals surface area contributed by atoms with Crippen molar-refractivity contribution in [2.24, 2.45) is 5.92 Å². The Bertz CT molecular complexity index is 192. The summed E-state index contributed by atoms with van der Waals surface area (Å²) in [6.45, 7) is -3.12. The Kier molecular flexibility index (Phi) is 2.35. The highest BCUT2D eigenvalue weighted by Crippen LogP contribution is 2.53. The van der Waals surface area contributed by atoms with Crippen molar-refractivity contribution in [1.82, 2.24) is 0 Å². The number of hydrogen-bond donors (Lipinski definition) is 0. The smallest absolute Gasteiger partial charge is 0.466 e. The van der Waals surface area contributed by atoms with Gasteiger partial charge in [-0.3, -0.25) is 4.79 Å². The zero-order chi connectivity index (χ0) is 9.35. The van der Waals surface area contributed by atoms with Gasteiger partial charge < -0.3 is 17.7 Å². The van der Waals surface area contributed by atoms with Gasteiger partial charge in [-0.05, 0) is 6.92 Å². The van der Waals surface area contributed by atoms with Crippen LogP contribution in [0.2, 0.25) is 5.82 Å². The van der Waals surface area contributed by atoms with E-state index in [1.165, 1.54) is 0 Å². The van der Waals surface area contributed by atoms with Crippen molar-refractivity contribution in [2.75, 3.05) is 6.61 Å². The monoisotopic (exact) mass is 181 g/mol. The molecule has 1 rings (SSSR count). The molecule has 0 N–H and O–H groups in total. The summed E-state index contributed by atoms with van der Waals surface area (Å²) >= 11 is 0. The van der Waals surface area contributed by atoms with Crippen molar-refractivity contribution in [3.63, 3.8) is 0 Å². The quantitative estimate of drug-likeness (QED) is 0.489. The molecular weight excluding hydrogens is 172 g/mol. The van der Waals surface area contributed by atoms with Crippen LogP contribution in [0.15, 0.2) is 0 Å². The molecule has 0 radical (unpaired) electrons. The largest absolute Gasteiger partial charge is 0.482 e. The van der Waals surface area contributed by atoms with Crippen molar-refractivity contribution < 1.29 is 22.5 Å². The van der Waals surface area contributed by atoms with Crippen LogP contribution in [-0.2, 0) is 9.53 Å². The lowest BCUT2D eigenvalue weighted by Gasteiger charge is -2.11. The molecule has 70 valence electrons. The zero-order valence-electron chi connectivity index (χ0n) is 6.60. The van der Waals surface area contributed by atoms with Gasteiger partial charge in [0.2, 0.25) is 0 Å². The molecule has 0 heterocycles. The van der Waals surface area contributed by atoms with Crippen molar-refractivity contribution in [3.8, 4) is 0 Å². The number of rotatable bonds is 3. The van der Waals surface area contributed by atoms with Crippen LogP contribution in [0.25, 0.3) is 0 Å². The molecule has 0 unspecified atom stereocenters. The maximum Gasteiger partial charge on any atom is 0.482 e. The lowest BCUT2D eigenvalue weighted by Crippen LogP contribution is -2.18. The molecule has 2 nitrogen and oxygen atoms in total. The second-order valence-corrected chi connectivity index (χ2v) is 2.88. The maximum atomic E-state index is 11.9. The summed E-state index contributed by atoms with van der Waals surface area (Å²) in [4.78, 5) is 10.8. The maximum absolute atomic E-state index is 11.9. The highest BCUT2D eigenvalue weighted by atomic mass is 19.4. The number of esters is 1. The molecule has 0 aromatic carbocycles. The molecule has 0 aromatic rings. The van der Waals surface area contributed by atoms with E-state index in [0.717, 1.165) is 0 Å². The van der Waals surface area contributed by atoms with E-state index in [1.54, 1.807) is 6.92 Å². The first-order chi connectivity index (χ1) is 5.46. The predicted octanol–water partition coefficient (Wildman–Crippen LogP) is 1.79. The van der Waals surface area contributed by atoms with Crippen LogP contribution in [0.1, 0.15) is 13.3 Å². The normalized spacial score (nSPS) is 28.3. The molecule has 0 saturated heterocycles. The van der Waals surface area contributed by atoms with Gasteiger partial charge in [-0.1, -0.05) is 12.2 Å². The van der Waals surface area contributed by atoms with E-state index in [-0.39, 0.29) is 13.0 Å². The Labute approximate surface area is 68.1 Å². The van der Waals surface area contributed by atoms with E-state index < -0.39 is 24.7 Å². The summed E-state index contributed by atoms with van der Waals surface area (Å²) in [5, 5.41) is 0. The lowest BCUT2D eigenvalue weighted by atomic mass is 9.82. The van der Waals surface area contributed by atoms with E-state index in [1.807, 2.05) is 0 Å². The molecule has 1 aliphatic carbocycles. The van der Waals surface area contributed by atoms with Crippen LogP contribution in [0, 0.1) is 5.92 Å². The zero-order valence-corrected chi connectivity index (χ0v) is 6.60. The van der Waals surface area contributed by atoms with Crippen LogP contribution < -0.4 is 0 Å². The number of ether oxygens (including phenoxy) is 1. The van der Waals surface area contributed by atoms with E-state index in [4.69, 9.17) is 0 Å². The summed E-state index contributed by atoms with van der Waals surface area (Å²) in [6, 6.07) is 0. The molecule has 12 heavy (non-hydrogen) atoms. The fourth-order valence-corrected chi connectivity index (χ4v) is 1.15. The minimum absolute atomic E-state index is 0.0810. The van der Waals surface area contributed by atoms with Gasteiger partial charge in [0.05, 0.1) is 6.61 Å². The highest BCUT2D eigenvalue weighted by Gasteiger charge is 2.54. The van der Waals surface area contributed by atoms with Crippen LogP contribution in [-0.4, -0.2) is 19.6 Å². The molecule has 1 aliphatic rings. The molecule has 2 atom stereocenters. The van der Waals surface area contributed by atoms with E-state index >= 15 is 0 Å². The fraction of sp³-hybridized carbons (Fsp3) is 0.833. The first kappa shape index (κ1) is 9.41. The van der Waals surface area contributed by atoms with Gasteiger partial charge in [0, 0.05) is 5.92 Å². The minimum Gasteiger partial charge on any atom is -0.466 e. The van der Waals surface area contributed by atoms with Crippen LogP contribution in [0.4, 0.5) is 12.9 Å². The first-order valence-corrected chi connectivity index (χ1v) is 3.83. The van der Waals surface area contributed by atoms with Crippen LogP contribution in [0.5, 0.6) is 0 Å². The molecule has 0 aliphatic heterocycles. The number of carbonyl (C=O) groups is 1. The summed E-state index contributed by atoms with van der Waals surface area (Å²) in [7, 11) is 0. The van der Waals surface area contributed by atoms with Gasteiger partial charge in [-0.2, -0.15) is 0 Å². The van der Waals surface area contributed by atoms with E-state index in [9.17, 15) is 17.7 Å². The van der Waals surface area contributed by atoms with Gasteiger partial charge in [0.1, 0.15) is 0 Å². The van der Waals surface area contributed by atoms with Crippen molar-refractivity contribution in [3.05, 3.63) is 0 Å². The SMILES string of the molecule is CCOC(=O)[C@H]1C[C@H]1[B-](F)(F)F. The van der Waals surface area contributed by atoms with Gasteiger partial charge in [-0.15, -0.1) is 0 Å². The number of hydrogen-bond acceptors (Lipinski definition) is 2. The van der Waals surface area contributed by atoms with Gasteiger partial charge in [-0.25, -0.2) is 0 Å². The molecule has 0 amide bonds. The predicted molar refractivity (Wildman–Crippen MR) is 37.6 cm³/mol. The Morgan fingerprint density at radius 1 is 1.58 bits per heavy atom. The van der Waals surface area contributed by atoms with Crippen LogP contribution >= 0.6 is 0 Å². The lowest BCUT2D eigenvalue weighted by molar-refractivity contribution is -0.144. The van der Waals surface area contributed by atoms with Crippen molar-refractivity contribution in [2.45, 2.75) is 19.2 Å². The third-order valence-electron chi connectivity index (χ3n) is 1.91. The van der Waals surface area contributed by atoms with E-state index in [2.05, 4.69) is 4.74 Å². The first-order valence-electron chi connectivity index (χ1n) is 3.83. The highest BCUT2D eigenvalue weighted by molar-refractivity contribution is 6.61. The van der Waals surface area contributed by atoms with Gasteiger partial charge >= 0.3 is 12.9 Å². The average molecular weight is 181 g/mol. The van der Waals surface area contributed by atoms with Crippen molar-refractivity contribution >= 4 is 12.9 Å². The molecule has 0 spiro atoms. The Balaban J connectivity index is 2.37. The fourth-order valence-electron chi connectivity index (χ4n) is 1.15. The Morgan fingerprint density at radius 3 is 2.50 bits per heavy atom. The summed E-state index contributed by atoms with van der Waals surface area (Å²) < 4.78 is 40.3. The minimum atomic E-state index is -4.84. The second kappa shape index (κ2) is 2.99. The van der Waals surface area contributed by atoms with Crippen LogP contribution in [0.3, 0.4) is 0 Å².